The summed E-state index contributed by atoms with van der Waals surface area (Å²) < 4.78 is 9.44. The van der Waals surface area contributed by atoms with Gasteiger partial charge in [-0.1, -0.05) is 13.8 Å². The molecule has 0 rings (SSSR count). The summed E-state index contributed by atoms with van der Waals surface area (Å²) in [7, 11) is 0. The van der Waals surface area contributed by atoms with Crippen molar-refractivity contribution < 1.29 is 19.1 Å². The van der Waals surface area contributed by atoms with Gasteiger partial charge in [-0.05, 0) is 18.9 Å². The zero-order valence-corrected chi connectivity index (χ0v) is 8.99. The predicted octanol–water partition coefficient (Wildman–Crippen LogP) is 1.65. The van der Waals surface area contributed by atoms with Crippen LogP contribution in [0.1, 0.15) is 27.7 Å². The van der Waals surface area contributed by atoms with Gasteiger partial charge in [-0.25, -0.2) is 4.79 Å². The van der Waals surface area contributed by atoms with E-state index in [-0.39, 0.29) is 18.3 Å². The van der Waals surface area contributed by atoms with E-state index in [9.17, 15) is 9.59 Å². The summed E-state index contributed by atoms with van der Waals surface area (Å²) in [6.45, 7) is 6.95. The van der Waals surface area contributed by atoms with Gasteiger partial charge in [0.2, 0.25) is 5.76 Å². The molecular formula is C10H16O4. The number of carbonyl (C=O) groups is 2. The minimum absolute atomic E-state index is 0.0330. The number of rotatable bonds is 4. The van der Waals surface area contributed by atoms with Crippen molar-refractivity contribution in [1.29, 1.82) is 0 Å². The Morgan fingerprint density at radius 2 is 1.93 bits per heavy atom. The van der Waals surface area contributed by atoms with Gasteiger partial charge >= 0.3 is 11.9 Å². The van der Waals surface area contributed by atoms with Gasteiger partial charge in [0, 0.05) is 6.92 Å². The lowest BCUT2D eigenvalue weighted by Gasteiger charge is -2.07. The van der Waals surface area contributed by atoms with Crippen LogP contribution in [0.25, 0.3) is 0 Å². The minimum atomic E-state index is -0.601. The molecule has 0 atom stereocenters. The van der Waals surface area contributed by atoms with E-state index < -0.39 is 11.9 Å². The number of hydrogen-bond acceptors (Lipinski definition) is 4. The zero-order chi connectivity index (χ0) is 11.1. The molecule has 4 heteroatoms. The third-order valence-electron chi connectivity index (χ3n) is 1.22. The van der Waals surface area contributed by atoms with Gasteiger partial charge in [-0.3, -0.25) is 4.79 Å². The molecule has 0 N–H and O–H groups in total. The van der Waals surface area contributed by atoms with Gasteiger partial charge in [0.05, 0.1) is 6.61 Å². The number of allylic oxidation sites excluding steroid dienone is 1. The van der Waals surface area contributed by atoms with Crippen LogP contribution < -0.4 is 0 Å². The summed E-state index contributed by atoms with van der Waals surface area (Å²) in [5, 5.41) is 0. The van der Waals surface area contributed by atoms with Crippen LogP contribution in [0.15, 0.2) is 11.8 Å². The Labute approximate surface area is 83.9 Å². The molecule has 0 aromatic heterocycles. The first kappa shape index (κ1) is 12.7. The SMILES string of the molecule is CCOC(=O)C(=CC(C)C)OC(C)=O. The van der Waals surface area contributed by atoms with E-state index in [0.717, 1.165) is 0 Å². The lowest BCUT2D eigenvalue weighted by molar-refractivity contribution is -0.150. The molecule has 0 spiro atoms. The molecule has 0 radical (unpaired) electrons. The second-order valence-corrected chi connectivity index (χ2v) is 3.09. The Balaban J connectivity index is 4.54. The van der Waals surface area contributed by atoms with Crippen LogP contribution in [0.4, 0.5) is 0 Å². The van der Waals surface area contributed by atoms with Crippen LogP contribution in [0.2, 0.25) is 0 Å². The average molecular weight is 200 g/mol. The molecule has 0 fully saturated rings. The fourth-order valence-corrected chi connectivity index (χ4v) is 0.804. The molecule has 4 nitrogen and oxygen atoms in total. The predicted molar refractivity (Wildman–Crippen MR) is 51.3 cm³/mol. The number of hydrogen-bond donors (Lipinski definition) is 0. The number of esters is 2. The quantitative estimate of drug-likeness (QED) is 0.393. The highest BCUT2D eigenvalue weighted by atomic mass is 16.6. The molecule has 0 aliphatic carbocycles. The van der Waals surface area contributed by atoms with E-state index >= 15 is 0 Å². The molecule has 0 aromatic carbocycles. The van der Waals surface area contributed by atoms with Crippen LogP contribution in [0.5, 0.6) is 0 Å². The first-order valence-corrected chi connectivity index (χ1v) is 4.54. The standard InChI is InChI=1S/C10H16O4/c1-5-13-10(12)9(6-7(2)3)14-8(4)11/h6-7H,5H2,1-4H3. The summed E-state index contributed by atoms with van der Waals surface area (Å²) >= 11 is 0. The van der Waals surface area contributed by atoms with Crippen molar-refractivity contribution in [3.05, 3.63) is 11.8 Å². The average Bonchev–Trinajstić information content (AvgIpc) is 2.01. The van der Waals surface area contributed by atoms with Crippen LogP contribution in [0, 0.1) is 5.92 Å². The maximum Gasteiger partial charge on any atom is 0.374 e. The zero-order valence-electron chi connectivity index (χ0n) is 8.99. The third kappa shape index (κ3) is 5.35. The second kappa shape index (κ2) is 6.18. The highest BCUT2D eigenvalue weighted by Gasteiger charge is 2.14. The fourth-order valence-electron chi connectivity index (χ4n) is 0.804. The molecule has 0 aliphatic rings. The van der Waals surface area contributed by atoms with Gasteiger partial charge in [-0.15, -0.1) is 0 Å². The topological polar surface area (TPSA) is 52.6 Å². The largest absolute Gasteiger partial charge is 0.460 e. The molecule has 80 valence electrons. The van der Waals surface area contributed by atoms with Crippen molar-refractivity contribution in [1.82, 2.24) is 0 Å². The fraction of sp³-hybridized carbons (Fsp3) is 0.600. The van der Waals surface area contributed by atoms with E-state index in [1.165, 1.54) is 6.92 Å². The Morgan fingerprint density at radius 1 is 1.36 bits per heavy atom. The summed E-state index contributed by atoms with van der Waals surface area (Å²) in [5.41, 5.74) is 0. The summed E-state index contributed by atoms with van der Waals surface area (Å²) in [5.74, 6) is -1.04. The van der Waals surface area contributed by atoms with Crippen LogP contribution >= 0.6 is 0 Å². The Morgan fingerprint density at radius 3 is 2.29 bits per heavy atom. The summed E-state index contributed by atoms with van der Waals surface area (Å²) in [6.07, 6.45) is 1.55. The molecule has 14 heavy (non-hydrogen) atoms. The van der Waals surface area contributed by atoms with Crippen LogP contribution in [-0.2, 0) is 19.1 Å². The van der Waals surface area contributed by atoms with Crippen molar-refractivity contribution in [2.24, 2.45) is 5.92 Å². The smallest absolute Gasteiger partial charge is 0.374 e. The summed E-state index contributed by atoms with van der Waals surface area (Å²) in [6, 6.07) is 0. The molecule has 0 bridgehead atoms. The molecule has 0 aromatic rings. The Hall–Kier alpha value is -1.32. The molecule has 0 amide bonds. The van der Waals surface area contributed by atoms with Gasteiger partial charge in [0.25, 0.3) is 0 Å². The van der Waals surface area contributed by atoms with Gasteiger partial charge in [-0.2, -0.15) is 0 Å². The molecule has 0 saturated carbocycles. The minimum Gasteiger partial charge on any atom is -0.460 e. The van der Waals surface area contributed by atoms with E-state index in [4.69, 9.17) is 9.47 Å². The van der Waals surface area contributed by atoms with Crippen LogP contribution in [0.3, 0.4) is 0 Å². The van der Waals surface area contributed by atoms with Crippen molar-refractivity contribution >= 4 is 11.9 Å². The molecule has 0 heterocycles. The lowest BCUT2D eigenvalue weighted by Crippen LogP contribution is -2.13. The van der Waals surface area contributed by atoms with Gasteiger partial charge in [0.15, 0.2) is 0 Å². The van der Waals surface area contributed by atoms with Crippen molar-refractivity contribution in [2.45, 2.75) is 27.7 Å². The van der Waals surface area contributed by atoms with E-state index in [1.54, 1.807) is 13.0 Å². The van der Waals surface area contributed by atoms with Crippen LogP contribution in [-0.4, -0.2) is 18.5 Å². The van der Waals surface area contributed by atoms with Gasteiger partial charge in [0.1, 0.15) is 0 Å². The normalized spacial score (nSPS) is 11.4. The van der Waals surface area contributed by atoms with Gasteiger partial charge < -0.3 is 9.47 Å². The van der Waals surface area contributed by atoms with E-state index in [2.05, 4.69) is 0 Å². The number of ether oxygens (including phenoxy) is 2. The number of carbonyl (C=O) groups excluding carboxylic acids is 2. The molecule has 0 unspecified atom stereocenters. The third-order valence-corrected chi connectivity index (χ3v) is 1.22. The first-order valence-electron chi connectivity index (χ1n) is 4.54. The van der Waals surface area contributed by atoms with Crippen molar-refractivity contribution in [3.63, 3.8) is 0 Å². The molecule has 0 saturated heterocycles. The van der Waals surface area contributed by atoms with Crippen molar-refractivity contribution in [3.8, 4) is 0 Å². The lowest BCUT2D eigenvalue weighted by atomic mass is 10.2. The second-order valence-electron chi connectivity index (χ2n) is 3.09. The maximum atomic E-state index is 11.2. The van der Waals surface area contributed by atoms with Crippen molar-refractivity contribution in [2.75, 3.05) is 6.61 Å². The Kier molecular flexibility index (Phi) is 5.60. The monoisotopic (exact) mass is 200 g/mol. The molecule has 0 aliphatic heterocycles. The maximum absolute atomic E-state index is 11.2. The van der Waals surface area contributed by atoms with E-state index in [1.807, 2.05) is 13.8 Å². The first-order chi connectivity index (χ1) is 6.47. The molecular weight excluding hydrogens is 184 g/mol. The summed E-state index contributed by atoms with van der Waals surface area (Å²) in [4.78, 5) is 21.9. The Bertz CT molecular complexity index is 241. The van der Waals surface area contributed by atoms with E-state index in [0.29, 0.717) is 0 Å². The highest BCUT2D eigenvalue weighted by molar-refractivity contribution is 5.89. The highest BCUT2D eigenvalue weighted by Crippen LogP contribution is 2.06.